The molecule has 0 bridgehead atoms. The lowest BCUT2D eigenvalue weighted by Crippen LogP contribution is -2.36. The van der Waals surface area contributed by atoms with Gasteiger partial charge in [0.05, 0.1) is 12.2 Å². The summed E-state index contributed by atoms with van der Waals surface area (Å²) < 4.78 is 18.7. The molecule has 1 aliphatic carbocycles. The van der Waals surface area contributed by atoms with Gasteiger partial charge in [-0.25, -0.2) is 9.18 Å². The number of hydrogen-bond donors (Lipinski definition) is 1. The van der Waals surface area contributed by atoms with Crippen molar-refractivity contribution in [1.29, 1.82) is 0 Å². The maximum Gasteiger partial charge on any atom is 0.336 e. The molecular formula is C26H26FNO3S. The van der Waals surface area contributed by atoms with Crippen LogP contribution in [0.1, 0.15) is 49.7 Å². The molecule has 2 aromatic rings. The molecule has 0 spiro atoms. The minimum atomic E-state index is -0.470. The minimum absolute atomic E-state index is 0.00122. The Morgan fingerprint density at radius 2 is 1.75 bits per heavy atom. The number of rotatable bonds is 5. The predicted molar refractivity (Wildman–Crippen MR) is 124 cm³/mol. The number of thioether (sulfide) groups is 1. The molecule has 2 aliphatic rings. The number of ether oxygens (including phenoxy) is 1. The van der Waals surface area contributed by atoms with Crippen LogP contribution in [0.4, 0.5) is 4.39 Å². The monoisotopic (exact) mass is 451 g/mol. The summed E-state index contributed by atoms with van der Waals surface area (Å²) >= 11 is 1.64. The average molecular weight is 452 g/mol. The molecule has 1 heterocycles. The van der Waals surface area contributed by atoms with Crippen molar-refractivity contribution >= 4 is 23.5 Å². The standard InChI is InChI=1S/C26H26FNO3S/c1-4-31-26(30)23-15(2)28-21-13-18(16-5-9-19(27)10-6-16)14-22(29)25(21)24(23)17-7-11-20(32-3)12-8-17/h5-12,18,24,28H,4,13-14H2,1-3H3. The Morgan fingerprint density at radius 3 is 2.38 bits per heavy atom. The summed E-state index contributed by atoms with van der Waals surface area (Å²) in [7, 11) is 0. The van der Waals surface area contributed by atoms with Crippen LogP contribution in [0, 0.1) is 5.82 Å². The largest absolute Gasteiger partial charge is 0.463 e. The number of carbonyl (C=O) groups excluding carboxylic acids is 2. The van der Waals surface area contributed by atoms with E-state index in [0.717, 1.165) is 21.7 Å². The van der Waals surface area contributed by atoms with Gasteiger partial charge in [-0.05, 0) is 67.8 Å². The zero-order valence-corrected chi connectivity index (χ0v) is 19.2. The number of dihydropyridines is 1. The van der Waals surface area contributed by atoms with Crippen LogP contribution in [0.2, 0.25) is 0 Å². The van der Waals surface area contributed by atoms with Crippen molar-refractivity contribution in [3.8, 4) is 0 Å². The summed E-state index contributed by atoms with van der Waals surface area (Å²) in [6, 6.07) is 14.3. The molecule has 4 rings (SSSR count). The number of esters is 1. The highest BCUT2D eigenvalue weighted by atomic mass is 32.2. The van der Waals surface area contributed by atoms with E-state index >= 15 is 0 Å². The zero-order chi connectivity index (χ0) is 22.8. The summed E-state index contributed by atoms with van der Waals surface area (Å²) in [6.45, 7) is 3.89. The molecule has 1 aliphatic heterocycles. The number of allylic oxidation sites excluding steroid dienone is 3. The maximum absolute atomic E-state index is 13.5. The number of halogens is 1. The second-order valence-corrected chi connectivity index (χ2v) is 8.94. The lowest BCUT2D eigenvalue weighted by Gasteiger charge is -2.36. The van der Waals surface area contributed by atoms with E-state index in [2.05, 4.69) is 5.32 Å². The van der Waals surface area contributed by atoms with Crippen LogP contribution in [0.15, 0.2) is 76.0 Å². The van der Waals surface area contributed by atoms with Crippen LogP contribution < -0.4 is 5.32 Å². The van der Waals surface area contributed by atoms with Gasteiger partial charge in [0.2, 0.25) is 0 Å². The molecule has 6 heteroatoms. The first-order chi connectivity index (χ1) is 15.4. The van der Waals surface area contributed by atoms with E-state index in [4.69, 9.17) is 4.74 Å². The highest BCUT2D eigenvalue weighted by Gasteiger charge is 2.41. The van der Waals surface area contributed by atoms with Crippen molar-refractivity contribution in [1.82, 2.24) is 5.32 Å². The molecule has 0 amide bonds. The molecular weight excluding hydrogens is 425 g/mol. The first kappa shape index (κ1) is 22.3. The van der Waals surface area contributed by atoms with Crippen molar-refractivity contribution in [2.45, 2.75) is 43.4 Å². The van der Waals surface area contributed by atoms with Crippen molar-refractivity contribution in [3.63, 3.8) is 0 Å². The predicted octanol–water partition coefficient (Wildman–Crippen LogP) is 5.47. The summed E-state index contributed by atoms with van der Waals surface area (Å²) in [6.07, 6.45) is 2.95. The van der Waals surface area contributed by atoms with Gasteiger partial charge in [-0.15, -0.1) is 11.8 Å². The van der Waals surface area contributed by atoms with Crippen LogP contribution in [-0.2, 0) is 14.3 Å². The Kier molecular flexibility index (Phi) is 6.51. The Morgan fingerprint density at radius 1 is 1.09 bits per heavy atom. The van der Waals surface area contributed by atoms with E-state index in [1.807, 2.05) is 37.4 Å². The third-order valence-electron chi connectivity index (χ3n) is 6.11. The second-order valence-electron chi connectivity index (χ2n) is 8.06. The van der Waals surface area contributed by atoms with Crippen LogP contribution in [0.3, 0.4) is 0 Å². The SMILES string of the molecule is CCOC(=O)C1=C(C)NC2=C(C(=O)CC(c3ccc(F)cc3)C2)C1c1ccc(SC)cc1. The fraction of sp³-hybridized carbons (Fsp3) is 0.308. The number of carbonyl (C=O) groups is 2. The van der Waals surface area contributed by atoms with Crippen LogP contribution >= 0.6 is 11.8 Å². The first-order valence-corrected chi connectivity index (χ1v) is 12.0. The van der Waals surface area contributed by atoms with Crippen LogP contribution in [0.25, 0.3) is 0 Å². The lowest BCUT2D eigenvalue weighted by molar-refractivity contribution is -0.138. The van der Waals surface area contributed by atoms with Crippen molar-refractivity contribution in [2.24, 2.45) is 0 Å². The Bertz CT molecular complexity index is 1100. The van der Waals surface area contributed by atoms with Gasteiger partial charge in [-0.1, -0.05) is 24.3 Å². The lowest BCUT2D eigenvalue weighted by atomic mass is 9.72. The molecule has 1 N–H and O–H groups in total. The molecule has 2 atom stereocenters. The second kappa shape index (κ2) is 9.33. The highest BCUT2D eigenvalue weighted by Crippen LogP contribution is 2.45. The maximum atomic E-state index is 13.5. The Hall–Kier alpha value is -2.86. The number of hydrogen-bond acceptors (Lipinski definition) is 5. The molecule has 0 radical (unpaired) electrons. The first-order valence-electron chi connectivity index (χ1n) is 10.7. The van der Waals surface area contributed by atoms with Gasteiger partial charge in [-0.3, -0.25) is 4.79 Å². The summed E-state index contributed by atoms with van der Waals surface area (Å²) in [5.74, 6) is -1.20. The number of benzene rings is 2. The summed E-state index contributed by atoms with van der Waals surface area (Å²) in [5, 5.41) is 3.33. The molecule has 166 valence electrons. The molecule has 4 nitrogen and oxygen atoms in total. The van der Waals surface area contributed by atoms with Crippen LogP contribution in [-0.4, -0.2) is 24.6 Å². The summed E-state index contributed by atoms with van der Waals surface area (Å²) in [4.78, 5) is 27.5. The number of nitrogens with one attached hydrogen (secondary N) is 1. The molecule has 32 heavy (non-hydrogen) atoms. The van der Waals surface area contributed by atoms with E-state index in [9.17, 15) is 14.0 Å². The van der Waals surface area contributed by atoms with Gasteiger partial charge in [0.25, 0.3) is 0 Å². The van der Waals surface area contributed by atoms with Crippen molar-refractivity contribution < 1.29 is 18.7 Å². The topological polar surface area (TPSA) is 55.4 Å². The molecule has 0 saturated carbocycles. The van der Waals surface area contributed by atoms with E-state index in [1.54, 1.807) is 30.8 Å². The Balaban J connectivity index is 1.78. The van der Waals surface area contributed by atoms with Gasteiger partial charge >= 0.3 is 5.97 Å². The zero-order valence-electron chi connectivity index (χ0n) is 18.4. The third kappa shape index (κ3) is 4.24. The van der Waals surface area contributed by atoms with E-state index in [-0.39, 0.29) is 24.1 Å². The fourth-order valence-electron chi connectivity index (χ4n) is 4.62. The van der Waals surface area contributed by atoms with Gasteiger partial charge in [0.15, 0.2) is 5.78 Å². The molecule has 2 unspecified atom stereocenters. The van der Waals surface area contributed by atoms with Crippen molar-refractivity contribution in [3.05, 3.63) is 88.0 Å². The summed E-state index contributed by atoms with van der Waals surface area (Å²) in [5.41, 5.74) is 4.48. The van der Waals surface area contributed by atoms with Gasteiger partial charge in [0, 0.05) is 34.2 Å². The number of ketones is 1. The molecule has 0 fully saturated rings. The molecule has 0 aromatic heterocycles. The molecule has 2 aromatic carbocycles. The normalized spacial score (nSPS) is 20.7. The third-order valence-corrected chi connectivity index (χ3v) is 6.86. The van der Waals surface area contributed by atoms with E-state index < -0.39 is 11.9 Å². The van der Waals surface area contributed by atoms with Crippen molar-refractivity contribution in [2.75, 3.05) is 12.9 Å². The molecule has 0 saturated heterocycles. The van der Waals surface area contributed by atoms with Gasteiger partial charge < -0.3 is 10.1 Å². The average Bonchev–Trinajstić information content (AvgIpc) is 2.78. The fourth-order valence-corrected chi connectivity index (χ4v) is 5.03. The smallest absolute Gasteiger partial charge is 0.336 e. The highest BCUT2D eigenvalue weighted by molar-refractivity contribution is 7.98. The van der Waals surface area contributed by atoms with E-state index in [0.29, 0.717) is 29.7 Å². The van der Waals surface area contributed by atoms with Crippen LogP contribution in [0.5, 0.6) is 0 Å². The Labute approximate surface area is 191 Å². The number of Topliss-reactive ketones (excluding diaryl/α,β-unsaturated/α-hetero) is 1. The minimum Gasteiger partial charge on any atom is -0.463 e. The van der Waals surface area contributed by atoms with Gasteiger partial charge in [0.1, 0.15) is 5.82 Å². The van der Waals surface area contributed by atoms with Gasteiger partial charge in [-0.2, -0.15) is 0 Å². The van der Waals surface area contributed by atoms with E-state index in [1.165, 1.54) is 12.1 Å². The quantitative estimate of drug-likeness (QED) is 0.482.